The molecule has 2 heterocycles. The summed E-state index contributed by atoms with van der Waals surface area (Å²) in [6.45, 7) is 0.297. The van der Waals surface area contributed by atoms with Gasteiger partial charge in [-0.15, -0.1) is 0 Å². The molecule has 0 N–H and O–H groups in total. The molecule has 9 heteroatoms. The Hall–Kier alpha value is -2.39. The number of sulfone groups is 1. The van der Waals surface area contributed by atoms with Gasteiger partial charge in [-0.1, -0.05) is 15.9 Å². The second kappa shape index (κ2) is 7.46. The number of ether oxygens (including phenoxy) is 1. The van der Waals surface area contributed by atoms with Gasteiger partial charge < -0.3 is 9.64 Å². The lowest BCUT2D eigenvalue weighted by Crippen LogP contribution is -2.47. The molecular formula is C20H19BrN2O5S. The molecule has 0 radical (unpaired) electrons. The third-order valence-electron chi connectivity index (χ3n) is 5.06. The minimum absolute atomic E-state index is 0.107. The van der Waals surface area contributed by atoms with Crippen LogP contribution in [-0.4, -0.2) is 46.2 Å². The Kier molecular flexibility index (Phi) is 5.12. The van der Waals surface area contributed by atoms with Gasteiger partial charge in [0.2, 0.25) is 5.91 Å². The molecule has 29 heavy (non-hydrogen) atoms. The van der Waals surface area contributed by atoms with E-state index in [1.807, 2.05) is 0 Å². The van der Waals surface area contributed by atoms with Crippen molar-refractivity contribution in [3.05, 3.63) is 46.4 Å². The van der Waals surface area contributed by atoms with Gasteiger partial charge in [0.25, 0.3) is 5.91 Å². The maximum absolute atomic E-state index is 13.1. The summed E-state index contributed by atoms with van der Waals surface area (Å²) >= 11 is 3.38. The summed E-state index contributed by atoms with van der Waals surface area (Å²) in [4.78, 5) is 28.8. The highest BCUT2D eigenvalue weighted by atomic mass is 79.9. The fourth-order valence-corrected chi connectivity index (χ4v) is 4.65. The van der Waals surface area contributed by atoms with Crippen LogP contribution < -0.4 is 14.5 Å². The van der Waals surface area contributed by atoms with Crippen LogP contribution in [0.2, 0.25) is 0 Å². The summed E-state index contributed by atoms with van der Waals surface area (Å²) < 4.78 is 30.0. The number of halogens is 1. The number of hydrogen-bond acceptors (Lipinski definition) is 5. The summed E-state index contributed by atoms with van der Waals surface area (Å²) in [5, 5.41) is 0. The van der Waals surface area contributed by atoms with Gasteiger partial charge in [0.1, 0.15) is 12.3 Å². The smallest absolute Gasteiger partial charge is 0.265 e. The summed E-state index contributed by atoms with van der Waals surface area (Å²) in [5.74, 6) is 0.0450. The van der Waals surface area contributed by atoms with Gasteiger partial charge in [-0.05, 0) is 54.8 Å². The molecule has 0 unspecified atom stereocenters. The highest BCUT2D eigenvalue weighted by Crippen LogP contribution is 2.35. The molecule has 2 aliphatic rings. The number of benzene rings is 2. The monoisotopic (exact) mass is 478 g/mol. The number of anilines is 2. The van der Waals surface area contributed by atoms with Gasteiger partial charge in [-0.25, -0.2) is 8.42 Å². The van der Waals surface area contributed by atoms with Crippen LogP contribution in [0.25, 0.3) is 0 Å². The second-order valence-corrected chi connectivity index (χ2v) is 10.0. The minimum Gasteiger partial charge on any atom is -0.482 e. The molecule has 0 aromatic heterocycles. The van der Waals surface area contributed by atoms with Crippen LogP contribution in [0.15, 0.2) is 45.8 Å². The first-order chi connectivity index (χ1) is 13.7. The van der Waals surface area contributed by atoms with E-state index in [0.29, 0.717) is 30.1 Å². The van der Waals surface area contributed by atoms with Crippen LogP contribution in [0, 0.1) is 0 Å². The summed E-state index contributed by atoms with van der Waals surface area (Å²) in [6.07, 6.45) is 2.60. The number of amides is 2. The maximum atomic E-state index is 13.1. The van der Waals surface area contributed by atoms with Crippen molar-refractivity contribution in [3.63, 3.8) is 0 Å². The zero-order valence-electron chi connectivity index (χ0n) is 15.7. The highest BCUT2D eigenvalue weighted by molar-refractivity contribution is 9.10. The molecule has 0 saturated carbocycles. The lowest BCUT2D eigenvalue weighted by molar-refractivity contribution is -0.124. The zero-order chi connectivity index (χ0) is 20.8. The van der Waals surface area contributed by atoms with Crippen LogP contribution in [0.1, 0.15) is 12.0 Å². The predicted octanol–water partition coefficient (Wildman–Crippen LogP) is 2.56. The van der Waals surface area contributed by atoms with Crippen LogP contribution >= 0.6 is 15.9 Å². The van der Waals surface area contributed by atoms with Gasteiger partial charge in [-0.2, -0.15) is 0 Å². The predicted molar refractivity (Wildman–Crippen MR) is 112 cm³/mol. The SMILES string of the molecule is CS(=O)(=O)c1ccc2c(c1)CCCN2C(=O)CN1C(=O)COc2cc(Br)ccc21. The van der Waals surface area contributed by atoms with Crippen LogP contribution in [0.3, 0.4) is 0 Å². The van der Waals surface area contributed by atoms with E-state index in [-0.39, 0.29) is 29.9 Å². The van der Waals surface area contributed by atoms with Crippen molar-refractivity contribution in [1.29, 1.82) is 0 Å². The van der Waals surface area contributed by atoms with Crippen molar-refractivity contribution in [2.24, 2.45) is 0 Å². The van der Waals surface area contributed by atoms with E-state index in [9.17, 15) is 18.0 Å². The Morgan fingerprint density at radius 1 is 1.17 bits per heavy atom. The molecule has 2 aromatic rings. The Labute approximate surface area is 177 Å². The molecule has 0 bridgehead atoms. The van der Waals surface area contributed by atoms with E-state index in [4.69, 9.17) is 4.74 Å². The van der Waals surface area contributed by atoms with E-state index < -0.39 is 9.84 Å². The van der Waals surface area contributed by atoms with Crippen LogP contribution in [-0.2, 0) is 25.8 Å². The number of rotatable bonds is 3. The first-order valence-electron chi connectivity index (χ1n) is 9.10. The van der Waals surface area contributed by atoms with Crippen molar-refractivity contribution in [3.8, 4) is 5.75 Å². The molecule has 0 fully saturated rings. The number of aryl methyl sites for hydroxylation is 1. The number of nitrogens with zero attached hydrogens (tertiary/aromatic N) is 2. The lowest BCUT2D eigenvalue weighted by atomic mass is 10.0. The average molecular weight is 479 g/mol. The molecule has 2 aliphatic heterocycles. The number of fused-ring (bicyclic) bond motifs is 2. The maximum Gasteiger partial charge on any atom is 0.265 e. The third kappa shape index (κ3) is 3.89. The van der Waals surface area contributed by atoms with Gasteiger partial charge in [-0.3, -0.25) is 14.5 Å². The Balaban J connectivity index is 1.62. The van der Waals surface area contributed by atoms with E-state index in [2.05, 4.69) is 15.9 Å². The summed E-state index contributed by atoms with van der Waals surface area (Å²) in [5.41, 5.74) is 2.08. The van der Waals surface area contributed by atoms with Crippen molar-refractivity contribution in [2.75, 3.05) is 35.8 Å². The van der Waals surface area contributed by atoms with Gasteiger partial charge >= 0.3 is 0 Å². The Morgan fingerprint density at radius 2 is 1.93 bits per heavy atom. The molecule has 152 valence electrons. The molecule has 2 aromatic carbocycles. The van der Waals surface area contributed by atoms with E-state index >= 15 is 0 Å². The number of hydrogen-bond donors (Lipinski definition) is 0. The lowest BCUT2D eigenvalue weighted by Gasteiger charge is -2.34. The quantitative estimate of drug-likeness (QED) is 0.676. The number of carbonyl (C=O) groups excluding carboxylic acids is 2. The van der Waals surface area contributed by atoms with Crippen molar-refractivity contribution >= 4 is 49.0 Å². The standard InChI is InChI=1S/C20H19BrN2O5S/c1-29(26,27)15-5-7-16-13(9-15)3-2-8-22(16)19(24)11-23-17-6-4-14(21)10-18(17)28-12-20(23)25/h4-7,9-10H,2-3,8,11-12H2,1H3. The molecule has 0 saturated heterocycles. The summed E-state index contributed by atoms with van der Waals surface area (Å²) in [6, 6.07) is 10.1. The minimum atomic E-state index is -3.32. The van der Waals surface area contributed by atoms with E-state index in [1.165, 1.54) is 17.2 Å². The largest absolute Gasteiger partial charge is 0.482 e. The first-order valence-corrected chi connectivity index (χ1v) is 11.8. The normalized spacial score (nSPS) is 16.1. The number of carbonyl (C=O) groups is 2. The van der Waals surface area contributed by atoms with Crippen molar-refractivity contribution < 1.29 is 22.7 Å². The first kappa shape index (κ1) is 19.9. The van der Waals surface area contributed by atoms with Gasteiger partial charge in [0.05, 0.1) is 10.6 Å². The highest BCUT2D eigenvalue weighted by Gasteiger charge is 2.31. The molecular weight excluding hydrogens is 460 g/mol. The Morgan fingerprint density at radius 3 is 2.69 bits per heavy atom. The molecule has 0 aliphatic carbocycles. The molecule has 4 rings (SSSR count). The van der Waals surface area contributed by atoms with Crippen molar-refractivity contribution in [2.45, 2.75) is 17.7 Å². The second-order valence-electron chi connectivity index (χ2n) is 7.09. The average Bonchev–Trinajstić information content (AvgIpc) is 2.68. The molecule has 0 spiro atoms. The van der Waals surface area contributed by atoms with E-state index in [1.54, 1.807) is 35.2 Å². The molecule has 0 atom stereocenters. The summed E-state index contributed by atoms with van der Waals surface area (Å²) in [7, 11) is -3.32. The van der Waals surface area contributed by atoms with E-state index in [0.717, 1.165) is 16.5 Å². The fraction of sp³-hybridized carbons (Fsp3) is 0.300. The third-order valence-corrected chi connectivity index (χ3v) is 6.66. The van der Waals surface area contributed by atoms with Crippen LogP contribution in [0.4, 0.5) is 11.4 Å². The van der Waals surface area contributed by atoms with Crippen LogP contribution in [0.5, 0.6) is 5.75 Å². The topological polar surface area (TPSA) is 84.0 Å². The van der Waals surface area contributed by atoms with Gasteiger partial charge in [0.15, 0.2) is 16.4 Å². The zero-order valence-corrected chi connectivity index (χ0v) is 18.1. The fourth-order valence-electron chi connectivity index (χ4n) is 3.64. The van der Waals surface area contributed by atoms with Crippen molar-refractivity contribution in [1.82, 2.24) is 0 Å². The Bertz CT molecular complexity index is 1120. The molecule has 2 amide bonds. The molecule has 7 nitrogen and oxygen atoms in total. The van der Waals surface area contributed by atoms with Gasteiger partial charge in [0, 0.05) is 23.0 Å².